The first-order valence-electron chi connectivity index (χ1n) is 9.50. The molecule has 1 heterocycles. The van der Waals surface area contributed by atoms with Crippen LogP contribution >= 0.6 is 0 Å². The fourth-order valence-electron chi connectivity index (χ4n) is 3.19. The average molecular weight is 409 g/mol. The van der Waals surface area contributed by atoms with Gasteiger partial charge < -0.3 is 15.4 Å². The van der Waals surface area contributed by atoms with Gasteiger partial charge in [0.25, 0.3) is 11.8 Å². The number of carbonyl (C=O) groups excluding carboxylic acids is 4. The molecule has 0 saturated heterocycles. The molecule has 30 heavy (non-hydrogen) atoms. The summed E-state index contributed by atoms with van der Waals surface area (Å²) in [4.78, 5) is 50.9. The van der Waals surface area contributed by atoms with Crippen LogP contribution in [0.15, 0.2) is 42.5 Å². The monoisotopic (exact) mass is 409 g/mol. The van der Waals surface area contributed by atoms with Crippen molar-refractivity contribution in [2.24, 2.45) is 0 Å². The molecule has 2 N–H and O–H groups in total. The van der Waals surface area contributed by atoms with Crippen LogP contribution < -0.4 is 10.6 Å². The van der Waals surface area contributed by atoms with Gasteiger partial charge in [0.15, 0.2) is 0 Å². The molecule has 8 heteroatoms. The van der Waals surface area contributed by atoms with E-state index in [-0.39, 0.29) is 23.6 Å². The van der Waals surface area contributed by atoms with Gasteiger partial charge in [0, 0.05) is 11.2 Å². The van der Waals surface area contributed by atoms with E-state index in [9.17, 15) is 19.2 Å². The minimum Gasteiger partial charge on any atom is -0.462 e. The number of imide groups is 1. The van der Waals surface area contributed by atoms with Gasteiger partial charge in [-0.3, -0.25) is 14.5 Å². The number of para-hydroxylation sites is 1. The maximum atomic E-state index is 12.7. The largest absolute Gasteiger partial charge is 0.462 e. The van der Waals surface area contributed by atoms with Crippen LogP contribution in [0.2, 0.25) is 0 Å². The number of ether oxygens (including phenoxy) is 1. The van der Waals surface area contributed by atoms with Crippen molar-refractivity contribution in [3.63, 3.8) is 0 Å². The summed E-state index contributed by atoms with van der Waals surface area (Å²) in [6.07, 6.45) is 0. The molecule has 8 nitrogen and oxygen atoms in total. The quantitative estimate of drug-likeness (QED) is 0.589. The summed E-state index contributed by atoms with van der Waals surface area (Å²) >= 11 is 0. The number of benzene rings is 2. The lowest BCUT2D eigenvalue weighted by Gasteiger charge is -2.29. The lowest BCUT2D eigenvalue weighted by molar-refractivity contribution is 0.0501. The van der Waals surface area contributed by atoms with Crippen molar-refractivity contribution in [2.45, 2.75) is 33.2 Å². The molecule has 0 spiro atoms. The summed E-state index contributed by atoms with van der Waals surface area (Å²) in [5.74, 6) is -1.31. The predicted octanol–water partition coefficient (Wildman–Crippen LogP) is 3.90. The number of anilines is 2. The third kappa shape index (κ3) is 4.03. The van der Waals surface area contributed by atoms with Crippen LogP contribution in [0.3, 0.4) is 0 Å². The lowest BCUT2D eigenvalue weighted by atomic mass is 10.1. The second kappa shape index (κ2) is 7.98. The fraction of sp³-hybridized carbons (Fsp3) is 0.273. The van der Waals surface area contributed by atoms with Crippen molar-refractivity contribution >= 4 is 35.2 Å². The van der Waals surface area contributed by atoms with Gasteiger partial charge in [-0.1, -0.05) is 12.1 Å². The first kappa shape index (κ1) is 21.0. The summed E-state index contributed by atoms with van der Waals surface area (Å²) in [7, 11) is 0. The first-order chi connectivity index (χ1) is 14.1. The van der Waals surface area contributed by atoms with Gasteiger partial charge in [0.2, 0.25) is 0 Å². The Morgan fingerprint density at radius 3 is 2.30 bits per heavy atom. The zero-order valence-corrected chi connectivity index (χ0v) is 17.2. The molecule has 0 radical (unpaired) electrons. The maximum Gasteiger partial charge on any atom is 0.340 e. The van der Waals surface area contributed by atoms with Crippen LogP contribution in [0.5, 0.6) is 0 Å². The van der Waals surface area contributed by atoms with Gasteiger partial charge in [-0.05, 0) is 58.0 Å². The second-order valence-electron chi connectivity index (χ2n) is 7.72. The van der Waals surface area contributed by atoms with Crippen molar-refractivity contribution < 1.29 is 23.9 Å². The molecule has 1 aliphatic rings. The molecule has 0 saturated carbocycles. The second-order valence-corrected chi connectivity index (χ2v) is 7.72. The van der Waals surface area contributed by atoms with Gasteiger partial charge in [-0.15, -0.1) is 0 Å². The molecular weight excluding hydrogens is 386 g/mol. The molecule has 1 aliphatic heterocycles. The topological polar surface area (TPSA) is 105 Å². The Kier molecular flexibility index (Phi) is 5.60. The number of amides is 4. The lowest BCUT2D eigenvalue weighted by Crippen LogP contribution is -2.45. The van der Waals surface area contributed by atoms with Crippen LogP contribution in [0.25, 0.3) is 0 Å². The highest BCUT2D eigenvalue weighted by molar-refractivity contribution is 6.22. The molecule has 4 amide bonds. The summed E-state index contributed by atoms with van der Waals surface area (Å²) in [5, 5.41) is 5.23. The first-order valence-corrected chi connectivity index (χ1v) is 9.50. The zero-order chi connectivity index (χ0) is 22.1. The van der Waals surface area contributed by atoms with E-state index < -0.39 is 23.4 Å². The number of hydrogen-bond acceptors (Lipinski definition) is 5. The summed E-state index contributed by atoms with van der Waals surface area (Å²) < 4.78 is 4.99. The van der Waals surface area contributed by atoms with E-state index in [4.69, 9.17) is 4.74 Å². The number of hydrogen-bond donors (Lipinski definition) is 2. The highest BCUT2D eigenvalue weighted by Crippen LogP contribution is 2.31. The van der Waals surface area contributed by atoms with E-state index in [1.54, 1.807) is 58.0 Å². The van der Waals surface area contributed by atoms with E-state index in [1.807, 2.05) is 0 Å². The van der Waals surface area contributed by atoms with Crippen molar-refractivity contribution in [1.82, 2.24) is 4.90 Å². The van der Waals surface area contributed by atoms with Crippen molar-refractivity contribution in [3.8, 4) is 0 Å². The van der Waals surface area contributed by atoms with Crippen LogP contribution in [0.1, 0.15) is 58.8 Å². The molecule has 0 bridgehead atoms. The Labute approximate surface area is 174 Å². The Balaban J connectivity index is 1.78. The minimum absolute atomic E-state index is 0.215. The van der Waals surface area contributed by atoms with E-state index >= 15 is 0 Å². The summed E-state index contributed by atoms with van der Waals surface area (Å²) in [6.45, 7) is 7.25. The number of carbonyl (C=O) groups is 4. The van der Waals surface area contributed by atoms with Gasteiger partial charge in [-0.2, -0.15) is 0 Å². The molecule has 0 aliphatic carbocycles. The van der Waals surface area contributed by atoms with E-state index in [2.05, 4.69) is 10.6 Å². The molecule has 3 rings (SSSR count). The normalized spacial score (nSPS) is 13.1. The van der Waals surface area contributed by atoms with Crippen LogP contribution in [0, 0.1) is 0 Å². The predicted molar refractivity (Wildman–Crippen MR) is 112 cm³/mol. The number of esters is 1. The molecular formula is C22H23N3O5. The number of fused-ring (bicyclic) bond motifs is 1. The molecule has 0 fully saturated rings. The number of nitrogens with zero attached hydrogens (tertiary/aromatic N) is 1. The summed E-state index contributed by atoms with van der Waals surface area (Å²) in [5.41, 5.74) is 0.740. The van der Waals surface area contributed by atoms with Crippen molar-refractivity contribution in [1.29, 1.82) is 0 Å². The van der Waals surface area contributed by atoms with Gasteiger partial charge in [-0.25, -0.2) is 9.59 Å². The molecule has 0 unspecified atom stereocenters. The molecule has 0 aromatic heterocycles. The standard InChI is InChI=1S/C22H23N3O5/c1-5-30-20(28)15-8-6-7-9-17(15)24-21(29)23-13-10-11-14-16(12-13)19(27)25(18(14)26)22(2,3)4/h6-12H,5H2,1-4H3,(H2,23,24,29). The Morgan fingerprint density at radius 1 is 0.967 bits per heavy atom. The van der Waals surface area contributed by atoms with E-state index in [1.165, 1.54) is 17.0 Å². The van der Waals surface area contributed by atoms with E-state index in [0.717, 1.165) is 0 Å². The van der Waals surface area contributed by atoms with Gasteiger partial charge >= 0.3 is 12.0 Å². The Bertz CT molecular complexity index is 1040. The Morgan fingerprint density at radius 2 is 1.63 bits per heavy atom. The SMILES string of the molecule is CCOC(=O)c1ccccc1NC(=O)Nc1ccc2c(c1)C(=O)N(C(C)(C)C)C2=O. The third-order valence-electron chi connectivity index (χ3n) is 4.49. The highest BCUT2D eigenvalue weighted by atomic mass is 16.5. The van der Waals surface area contributed by atoms with Crippen LogP contribution in [-0.2, 0) is 4.74 Å². The molecule has 2 aromatic carbocycles. The van der Waals surface area contributed by atoms with Gasteiger partial charge in [0.05, 0.1) is 29.0 Å². The molecule has 0 atom stereocenters. The summed E-state index contributed by atoms with van der Waals surface area (Å²) in [6, 6.07) is 10.4. The third-order valence-corrected chi connectivity index (χ3v) is 4.49. The average Bonchev–Trinajstić information content (AvgIpc) is 2.92. The van der Waals surface area contributed by atoms with Crippen molar-refractivity contribution in [3.05, 3.63) is 59.2 Å². The zero-order valence-electron chi connectivity index (χ0n) is 17.2. The molecule has 2 aromatic rings. The van der Waals surface area contributed by atoms with Crippen molar-refractivity contribution in [2.75, 3.05) is 17.2 Å². The van der Waals surface area contributed by atoms with Gasteiger partial charge in [0.1, 0.15) is 0 Å². The van der Waals surface area contributed by atoms with E-state index in [0.29, 0.717) is 16.9 Å². The fourth-order valence-corrected chi connectivity index (χ4v) is 3.19. The smallest absolute Gasteiger partial charge is 0.340 e. The minimum atomic E-state index is -0.658. The van der Waals surface area contributed by atoms with Crippen LogP contribution in [0.4, 0.5) is 16.2 Å². The molecule has 156 valence electrons. The highest BCUT2D eigenvalue weighted by Gasteiger charge is 2.41. The van der Waals surface area contributed by atoms with Crippen LogP contribution in [-0.4, -0.2) is 40.9 Å². The number of urea groups is 1. The maximum absolute atomic E-state index is 12.7. The number of rotatable bonds is 4. The Hall–Kier alpha value is -3.68. The number of nitrogens with one attached hydrogen (secondary N) is 2.